The molecule has 0 aliphatic rings. The molecule has 0 saturated heterocycles. The molecule has 0 bridgehead atoms. The summed E-state index contributed by atoms with van der Waals surface area (Å²) in [6.45, 7) is 4.53. The normalized spacial score (nSPS) is 11.6. The van der Waals surface area contributed by atoms with Crippen molar-refractivity contribution in [1.29, 1.82) is 0 Å². The molecule has 0 aromatic carbocycles. The van der Waals surface area contributed by atoms with Gasteiger partial charge in [-0.2, -0.15) is 0 Å². The number of nitrogens with one attached hydrogen (secondary N) is 2. The molecule has 7 heteroatoms. The maximum atomic E-state index is 5.50. The molecule has 0 aliphatic heterocycles. The Kier molecular flexibility index (Phi) is 11.0. The van der Waals surface area contributed by atoms with Gasteiger partial charge in [0.15, 0.2) is 5.96 Å². The van der Waals surface area contributed by atoms with Crippen LogP contribution in [-0.4, -0.2) is 59.6 Å². The van der Waals surface area contributed by atoms with Gasteiger partial charge in [-0.15, -0.1) is 0 Å². The topological polar surface area (TPSA) is 77.3 Å². The van der Waals surface area contributed by atoms with Gasteiger partial charge in [-0.05, 0) is 18.6 Å². The highest BCUT2D eigenvalue weighted by Crippen LogP contribution is 2.01. The summed E-state index contributed by atoms with van der Waals surface area (Å²) in [6.07, 6.45) is 2.54. The van der Waals surface area contributed by atoms with Crippen LogP contribution < -0.4 is 10.6 Å². The van der Waals surface area contributed by atoms with Gasteiger partial charge in [-0.25, -0.2) is 0 Å². The van der Waals surface area contributed by atoms with Crippen LogP contribution in [0.1, 0.15) is 12.2 Å². The Morgan fingerprint density at radius 1 is 1.14 bits per heavy atom. The smallest absolute Gasteiger partial charge is 0.191 e. The van der Waals surface area contributed by atoms with Crippen molar-refractivity contribution in [3.05, 3.63) is 24.2 Å². The lowest BCUT2D eigenvalue weighted by Gasteiger charge is -2.12. The van der Waals surface area contributed by atoms with Crippen LogP contribution in [-0.2, 0) is 20.8 Å². The molecule has 0 aliphatic carbocycles. The van der Waals surface area contributed by atoms with E-state index in [1.54, 1.807) is 20.4 Å². The lowest BCUT2D eigenvalue weighted by atomic mass is 10.4. The van der Waals surface area contributed by atoms with Gasteiger partial charge >= 0.3 is 0 Å². The van der Waals surface area contributed by atoms with Crippen LogP contribution in [0.2, 0.25) is 0 Å². The molecule has 0 radical (unpaired) electrons. The lowest BCUT2D eigenvalue weighted by Crippen LogP contribution is -2.39. The average molecular weight is 313 g/mol. The maximum Gasteiger partial charge on any atom is 0.191 e. The van der Waals surface area contributed by atoms with Crippen molar-refractivity contribution in [1.82, 2.24) is 10.6 Å². The first kappa shape index (κ1) is 18.5. The van der Waals surface area contributed by atoms with Crippen molar-refractivity contribution in [2.24, 2.45) is 4.99 Å². The first-order valence-corrected chi connectivity index (χ1v) is 7.48. The van der Waals surface area contributed by atoms with Gasteiger partial charge in [0.1, 0.15) is 12.4 Å². The van der Waals surface area contributed by atoms with Gasteiger partial charge in [-0.3, -0.25) is 4.99 Å². The minimum absolute atomic E-state index is 0.513. The van der Waals surface area contributed by atoms with Gasteiger partial charge in [0.05, 0.1) is 26.1 Å². The number of furan rings is 1. The number of hydrogen-bond donors (Lipinski definition) is 2. The summed E-state index contributed by atoms with van der Waals surface area (Å²) in [5.74, 6) is 1.61. The molecule has 1 aromatic heterocycles. The molecular weight excluding hydrogens is 286 g/mol. The number of guanidine groups is 1. The third-order valence-corrected chi connectivity index (χ3v) is 2.78. The number of ether oxygens (including phenoxy) is 3. The number of nitrogens with zero attached hydrogens (tertiary/aromatic N) is 1. The minimum Gasteiger partial charge on any atom is -0.467 e. The standard InChI is InChI=1S/C15H27N3O4/c1-16-15(18-7-10-20-12-11-19-2)17-6-4-8-21-13-14-5-3-9-22-14/h3,5,9H,4,6-8,10-13H2,1-2H3,(H2,16,17,18). The predicted octanol–water partition coefficient (Wildman–Crippen LogP) is 1.01. The fourth-order valence-electron chi connectivity index (χ4n) is 1.66. The molecule has 1 rings (SSSR count). The van der Waals surface area contributed by atoms with E-state index < -0.39 is 0 Å². The van der Waals surface area contributed by atoms with E-state index in [0.29, 0.717) is 39.6 Å². The number of hydrogen-bond acceptors (Lipinski definition) is 5. The van der Waals surface area contributed by atoms with E-state index in [0.717, 1.165) is 24.7 Å². The summed E-state index contributed by atoms with van der Waals surface area (Å²) in [5, 5.41) is 6.40. The van der Waals surface area contributed by atoms with E-state index in [1.165, 1.54) is 0 Å². The molecule has 22 heavy (non-hydrogen) atoms. The van der Waals surface area contributed by atoms with Crippen LogP contribution in [0.25, 0.3) is 0 Å². The first-order valence-electron chi connectivity index (χ1n) is 7.48. The van der Waals surface area contributed by atoms with E-state index in [1.807, 2.05) is 12.1 Å². The monoisotopic (exact) mass is 313 g/mol. The second-order valence-electron chi connectivity index (χ2n) is 4.52. The molecule has 126 valence electrons. The first-order chi connectivity index (χ1) is 10.9. The minimum atomic E-state index is 0.513. The average Bonchev–Trinajstić information content (AvgIpc) is 3.05. The Morgan fingerprint density at radius 3 is 2.73 bits per heavy atom. The molecule has 0 saturated carbocycles. The van der Waals surface area contributed by atoms with Crippen molar-refractivity contribution < 1.29 is 18.6 Å². The van der Waals surface area contributed by atoms with Gasteiger partial charge in [-0.1, -0.05) is 0 Å². The van der Waals surface area contributed by atoms with Crippen molar-refractivity contribution in [2.75, 3.05) is 53.7 Å². The Morgan fingerprint density at radius 2 is 2.00 bits per heavy atom. The third kappa shape index (κ3) is 9.38. The molecule has 1 aromatic rings. The summed E-state index contributed by atoms with van der Waals surface area (Å²) in [5.41, 5.74) is 0. The summed E-state index contributed by atoms with van der Waals surface area (Å²) >= 11 is 0. The van der Waals surface area contributed by atoms with E-state index in [-0.39, 0.29) is 0 Å². The number of aliphatic imine (C=N–C) groups is 1. The van der Waals surface area contributed by atoms with Gasteiger partial charge in [0.2, 0.25) is 0 Å². The van der Waals surface area contributed by atoms with Gasteiger partial charge in [0.25, 0.3) is 0 Å². The summed E-state index contributed by atoms with van der Waals surface area (Å²) in [6, 6.07) is 3.76. The molecule has 2 N–H and O–H groups in total. The number of methoxy groups -OCH3 is 1. The Balaban J connectivity index is 1.92. The van der Waals surface area contributed by atoms with E-state index in [2.05, 4.69) is 15.6 Å². The molecular formula is C15H27N3O4. The summed E-state index contributed by atoms with van der Waals surface area (Å²) in [4.78, 5) is 4.14. The quantitative estimate of drug-likeness (QED) is 0.341. The van der Waals surface area contributed by atoms with Crippen molar-refractivity contribution in [2.45, 2.75) is 13.0 Å². The van der Waals surface area contributed by atoms with E-state index in [9.17, 15) is 0 Å². The zero-order chi connectivity index (χ0) is 15.9. The molecule has 0 unspecified atom stereocenters. The van der Waals surface area contributed by atoms with Crippen LogP contribution in [0.5, 0.6) is 0 Å². The third-order valence-electron chi connectivity index (χ3n) is 2.78. The van der Waals surface area contributed by atoms with E-state index >= 15 is 0 Å². The Bertz CT molecular complexity index is 382. The summed E-state index contributed by atoms with van der Waals surface area (Å²) < 4.78 is 21.0. The van der Waals surface area contributed by atoms with Crippen molar-refractivity contribution >= 4 is 5.96 Å². The highest BCUT2D eigenvalue weighted by Gasteiger charge is 1.98. The van der Waals surface area contributed by atoms with Crippen molar-refractivity contribution in [3.63, 3.8) is 0 Å². The van der Waals surface area contributed by atoms with Gasteiger partial charge < -0.3 is 29.3 Å². The second-order valence-corrected chi connectivity index (χ2v) is 4.52. The van der Waals surface area contributed by atoms with Gasteiger partial charge in [0, 0.05) is 33.9 Å². The Labute approximate surface area is 132 Å². The summed E-state index contributed by atoms with van der Waals surface area (Å²) in [7, 11) is 3.40. The number of rotatable bonds is 12. The fourth-order valence-corrected chi connectivity index (χ4v) is 1.66. The van der Waals surface area contributed by atoms with Crippen LogP contribution in [0, 0.1) is 0 Å². The largest absolute Gasteiger partial charge is 0.467 e. The highest BCUT2D eigenvalue weighted by molar-refractivity contribution is 5.79. The maximum absolute atomic E-state index is 5.50. The zero-order valence-corrected chi connectivity index (χ0v) is 13.5. The fraction of sp³-hybridized carbons (Fsp3) is 0.667. The van der Waals surface area contributed by atoms with Crippen LogP contribution in [0.15, 0.2) is 27.8 Å². The SMILES string of the molecule is CN=C(NCCCOCc1ccco1)NCCOCCOC. The van der Waals surface area contributed by atoms with Crippen LogP contribution in [0.4, 0.5) is 0 Å². The zero-order valence-electron chi connectivity index (χ0n) is 13.5. The molecule has 7 nitrogen and oxygen atoms in total. The van der Waals surface area contributed by atoms with Crippen LogP contribution in [0.3, 0.4) is 0 Å². The Hall–Kier alpha value is -1.57. The predicted molar refractivity (Wildman–Crippen MR) is 85.0 cm³/mol. The second kappa shape index (κ2) is 13.1. The molecule has 0 spiro atoms. The molecule has 0 fully saturated rings. The van der Waals surface area contributed by atoms with E-state index in [4.69, 9.17) is 18.6 Å². The van der Waals surface area contributed by atoms with Crippen LogP contribution >= 0.6 is 0 Å². The highest BCUT2D eigenvalue weighted by atomic mass is 16.5. The molecule has 0 atom stereocenters. The lowest BCUT2D eigenvalue weighted by molar-refractivity contribution is 0.0733. The molecule has 0 amide bonds. The van der Waals surface area contributed by atoms with Crippen molar-refractivity contribution in [3.8, 4) is 0 Å². The molecule has 1 heterocycles.